The van der Waals surface area contributed by atoms with Gasteiger partial charge in [-0.3, -0.25) is 4.68 Å². The zero-order chi connectivity index (χ0) is 11.5. The van der Waals surface area contributed by atoms with Crippen molar-refractivity contribution in [1.82, 2.24) is 9.78 Å². The third-order valence-corrected chi connectivity index (χ3v) is 2.87. The van der Waals surface area contributed by atoms with Crippen molar-refractivity contribution < 1.29 is 4.39 Å². The summed E-state index contributed by atoms with van der Waals surface area (Å²) in [5.74, 6) is -0.500. The summed E-state index contributed by atoms with van der Waals surface area (Å²) >= 11 is 3.32. The molecular weight excluding hydrogens is 273 g/mol. The Morgan fingerprint density at radius 3 is 2.94 bits per heavy atom. The van der Waals surface area contributed by atoms with Crippen molar-refractivity contribution in [2.75, 3.05) is 0 Å². The lowest BCUT2D eigenvalue weighted by Gasteiger charge is -2.06. The van der Waals surface area contributed by atoms with Crippen LogP contribution in [0.15, 0.2) is 35.1 Å². The van der Waals surface area contributed by atoms with E-state index < -0.39 is 5.82 Å². The van der Waals surface area contributed by atoms with Crippen LogP contribution in [0.4, 0.5) is 10.1 Å². The van der Waals surface area contributed by atoms with Gasteiger partial charge >= 0.3 is 0 Å². The summed E-state index contributed by atoms with van der Waals surface area (Å²) in [6, 6.07) is 4.65. The highest BCUT2D eigenvalue weighted by Crippen LogP contribution is 2.27. The topological polar surface area (TPSA) is 22.2 Å². The predicted octanol–water partition coefficient (Wildman–Crippen LogP) is 3.38. The van der Waals surface area contributed by atoms with Crippen molar-refractivity contribution in [2.24, 2.45) is 0 Å². The maximum Gasteiger partial charge on any atom is 0.223 e. The number of hydrogen-bond donors (Lipinski definition) is 0. The molecule has 80 valence electrons. The number of halogens is 2. The highest BCUT2D eigenvalue weighted by molar-refractivity contribution is 9.10. The van der Waals surface area contributed by atoms with Crippen LogP contribution in [-0.2, 0) is 6.54 Å². The van der Waals surface area contributed by atoms with Crippen LogP contribution in [0.25, 0.3) is 4.85 Å². The summed E-state index contributed by atoms with van der Waals surface area (Å²) in [7, 11) is 0. The predicted molar refractivity (Wildman–Crippen MR) is 61.7 cm³/mol. The standard InChI is InChI=1S/C11H7BrFN3/c1-14-11-6-9(12)8(5-10(11)13)7-16-4-2-3-15-16/h2-6H,7H2. The van der Waals surface area contributed by atoms with E-state index in [0.717, 1.165) is 10.0 Å². The van der Waals surface area contributed by atoms with Crippen molar-refractivity contribution in [3.63, 3.8) is 0 Å². The summed E-state index contributed by atoms with van der Waals surface area (Å²) < 4.78 is 15.8. The van der Waals surface area contributed by atoms with Gasteiger partial charge in [0.05, 0.1) is 13.1 Å². The zero-order valence-corrected chi connectivity index (χ0v) is 9.78. The van der Waals surface area contributed by atoms with Gasteiger partial charge in [0, 0.05) is 16.9 Å². The van der Waals surface area contributed by atoms with Crippen LogP contribution in [0.2, 0.25) is 0 Å². The van der Waals surface area contributed by atoms with Crippen molar-refractivity contribution in [1.29, 1.82) is 0 Å². The second kappa shape index (κ2) is 4.45. The highest BCUT2D eigenvalue weighted by atomic mass is 79.9. The minimum atomic E-state index is -0.500. The molecule has 0 atom stereocenters. The van der Waals surface area contributed by atoms with Gasteiger partial charge in [-0.15, -0.1) is 0 Å². The molecule has 0 bridgehead atoms. The molecule has 2 rings (SSSR count). The maximum absolute atomic E-state index is 13.4. The second-order valence-electron chi connectivity index (χ2n) is 3.21. The first-order valence-corrected chi connectivity index (χ1v) is 5.33. The van der Waals surface area contributed by atoms with Gasteiger partial charge in [-0.05, 0) is 23.8 Å². The first kappa shape index (κ1) is 10.8. The zero-order valence-electron chi connectivity index (χ0n) is 8.19. The fourth-order valence-electron chi connectivity index (χ4n) is 1.35. The summed E-state index contributed by atoms with van der Waals surface area (Å²) in [4.78, 5) is 3.09. The Morgan fingerprint density at radius 2 is 2.31 bits per heavy atom. The third-order valence-electron chi connectivity index (χ3n) is 2.13. The summed E-state index contributed by atoms with van der Waals surface area (Å²) in [5, 5.41) is 4.04. The van der Waals surface area contributed by atoms with Gasteiger partial charge in [-0.25, -0.2) is 9.24 Å². The number of aromatic nitrogens is 2. The van der Waals surface area contributed by atoms with Crippen LogP contribution < -0.4 is 0 Å². The minimum Gasteiger partial charge on any atom is -0.268 e. The van der Waals surface area contributed by atoms with Gasteiger partial charge in [0.2, 0.25) is 5.69 Å². The van der Waals surface area contributed by atoms with Crippen molar-refractivity contribution >= 4 is 21.6 Å². The molecule has 0 aliphatic heterocycles. The first-order chi connectivity index (χ1) is 7.70. The van der Waals surface area contributed by atoms with E-state index in [0.29, 0.717) is 6.54 Å². The molecule has 1 aromatic heterocycles. The molecule has 16 heavy (non-hydrogen) atoms. The van der Waals surface area contributed by atoms with Crippen LogP contribution in [0.5, 0.6) is 0 Å². The second-order valence-corrected chi connectivity index (χ2v) is 4.06. The van der Waals surface area contributed by atoms with Gasteiger partial charge in [0.25, 0.3) is 0 Å². The van der Waals surface area contributed by atoms with Crippen molar-refractivity contribution in [3.05, 3.63) is 57.9 Å². The first-order valence-electron chi connectivity index (χ1n) is 4.53. The Hall–Kier alpha value is -1.67. The van der Waals surface area contributed by atoms with E-state index in [1.807, 2.05) is 0 Å². The van der Waals surface area contributed by atoms with E-state index in [-0.39, 0.29) is 5.69 Å². The molecular formula is C11H7BrFN3. The van der Waals surface area contributed by atoms with Gasteiger partial charge in [0.1, 0.15) is 5.82 Å². The Balaban J connectivity index is 2.36. The molecule has 0 aliphatic carbocycles. The number of nitrogens with zero attached hydrogens (tertiary/aromatic N) is 3. The van der Waals surface area contributed by atoms with Gasteiger partial charge in [-0.1, -0.05) is 15.9 Å². The highest BCUT2D eigenvalue weighted by Gasteiger charge is 2.08. The van der Waals surface area contributed by atoms with E-state index in [2.05, 4.69) is 25.9 Å². The van der Waals surface area contributed by atoms with E-state index in [1.165, 1.54) is 12.1 Å². The molecule has 0 saturated carbocycles. The minimum absolute atomic E-state index is 0.0242. The Morgan fingerprint density at radius 1 is 1.50 bits per heavy atom. The molecule has 1 aromatic carbocycles. The van der Waals surface area contributed by atoms with E-state index in [4.69, 9.17) is 6.57 Å². The van der Waals surface area contributed by atoms with Crippen LogP contribution in [0.3, 0.4) is 0 Å². The van der Waals surface area contributed by atoms with Gasteiger partial charge < -0.3 is 0 Å². The molecule has 1 heterocycles. The smallest absolute Gasteiger partial charge is 0.223 e. The van der Waals surface area contributed by atoms with Crippen LogP contribution in [-0.4, -0.2) is 9.78 Å². The lowest BCUT2D eigenvalue weighted by Crippen LogP contribution is -2.01. The normalized spacial score (nSPS) is 10.1. The van der Waals surface area contributed by atoms with Gasteiger partial charge in [0.15, 0.2) is 0 Å². The van der Waals surface area contributed by atoms with E-state index in [9.17, 15) is 4.39 Å². The number of benzene rings is 1. The molecule has 0 amide bonds. The van der Waals surface area contributed by atoms with Crippen LogP contribution in [0.1, 0.15) is 5.56 Å². The monoisotopic (exact) mass is 279 g/mol. The summed E-state index contributed by atoms with van der Waals surface area (Å²) in [6.45, 7) is 7.27. The number of rotatable bonds is 2. The quantitative estimate of drug-likeness (QED) is 0.773. The van der Waals surface area contributed by atoms with Crippen molar-refractivity contribution in [3.8, 4) is 0 Å². The molecule has 3 nitrogen and oxygen atoms in total. The van der Waals surface area contributed by atoms with Crippen LogP contribution in [0, 0.1) is 12.4 Å². The van der Waals surface area contributed by atoms with Gasteiger partial charge in [-0.2, -0.15) is 5.10 Å². The molecule has 0 N–H and O–H groups in total. The third kappa shape index (κ3) is 2.12. The average Bonchev–Trinajstić information content (AvgIpc) is 2.75. The Kier molecular flexibility index (Phi) is 3.02. The molecule has 0 radical (unpaired) electrons. The van der Waals surface area contributed by atoms with E-state index >= 15 is 0 Å². The summed E-state index contributed by atoms with van der Waals surface area (Å²) in [5.41, 5.74) is 0.782. The van der Waals surface area contributed by atoms with E-state index in [1.54, 1.807) is 23.1 Å². The molecule has 0 fully saturated rings. The van der Waals surface area contributed by atoms with Crippen LogP contribution >= 0.6 is 15.9 Å². The average molecular weight is 280 g/mol. The molecule has 2 aromatic rings. The molecule has 0 aliphatic rings. The summed E-state index contributed by atoms with van der Waals surface area (Å²) in [6.07, 6.45) is 3.46. The fraction of sp³-hybridized carbons (Fsp3) is 0.0909. The Labute approximate surface area is 100 Å². The molecule has 0 spiro atoms. The SMILES string of the molecule is [C-]#[N+]c1cc(Br)c(Cn2cccn2)cc1F. The maximum atomic E-state index is 13.4. The molecule has 0 unspecified atom stereocenters. The lowest BCUT2D eigenvalue weighted by molar-refractivity contribution is 0.624. The number of hydrogen-bond acceptors (Lipinski definition) is 1. The molecule has 5 heteroatoms. The van der Waals surface area contributed by atoms with Crippen molar-refractivity contribution in [2.45, 2.75) is 6.54 Å². The Bertz CT molecular complexity index is 543. The fourth-order valence-corrected chi connectivity index (χ4v) is 1.81. The largest absolute Gasteiger partial charge is 0.268 e. The lowest BCUT2D eigenvalue weighted by atomic mass is 10.2. The molecule has 0 saturated heterocycles.